The Hall–Kier alpha value is -1.78. The summed E-state index contributed by atoms with van der Waals surface area (Å²) in [7, 11) is 0. The Balaban J connectivity index is 0.00000225. The summed E-state index contributed by atoms with van der Waals surface area (Å²) in [6, 6.07) is 12.7. The number of furan rings is 1. The van der Waals surface area contributed by atoms with E-state index < -0.39 is 0 Å². The highest BCUT2D eigenvalue weighted by atomic mass is 35.5. The molecule has 0 amide bonds. The van der Waals surface area contributed by atoms with E-state index in [4.69, 9.17) is 9.52 Å². The first kappa shape index (κ1) is 19.5. The van der Waals surface area contributed by atoms with Gasteiger partial charge in [0.15, 0.2) is 0 Å². The van der Waals surface area contributed by atoms with E-state index in [0.29, 0.717) is 0 Å². The minimum atomic E-state index is 0. The predicted molar refractivity (Wildman–Crippen MR) is 107 cm³/mol. The van der Waals surface area contributed by atoms with Gasteiger partial charge in [-0.2, -0.15) is 5.10 Å². The summed E-state index contributed by atoms with van der Waals surface area (Å²) in [6.45, 7) is 9.78. The average molecular weight is 362 g/mol. The van der Waals surface area contributed by atoms with Crippen molar-refractivity contribution >= 4 is 23.8 Å². The zero-order valence-corrected chi connectivity index (χ0v) is 16.1. The number of benzene rings is 1. The Morgan fingerprint density at radius 3 is 2.48 bits per heavy atom. The van der Waals surface area contributed by atoms with E-state index in [1.54, 1.807) is 6.26 Å². The first-order valence-corrected chi connectivity index (χ1v) is 8.89. The van der Waals surface area contributed by atoms with Crippen LogP contribution in [0, 0.1) is 6.92 Å². The van der Waals surface area contributed by atoms with Crippen LogP contribution in [-0.4, -0.2) is 30.2 Å². The fraction of sp³-hybridized carbons (Fsp3) is 0.450. The molecule has 136 valence electrons. The van der Waals surface area contributed by atoms with Gasteiger partial charge in [-0.15, -0.1) is 12.4 Å². The highest BCUT2D eigenvalue weighted by Crippen LogP contribution is 2.36. The average Bonchev–Trinajstić information content (AvgIpc) is 3.26. The van der Waals surface area contributed by atoms with Crippen molar-refractivity contribution in [3.8, 4) is 0 Å². The lowest BCUT2D eigenvalue weighted by molar-refractivity contribution is 0.313. The molecule has 4 nitrogen and oxygen atoms in total. The third-order valence-electron chi connectivity index (χ3n) is 4.75. The first-order chi connectivity index (χ1) is 11.7. The van der Waals surface area contributed by atoms with Crippen LogP contribution in [0.25, 0.3) is 0 Å². The van der Waals surface area contributed by atoms with E-state index in [2.05, 4.69) is 61.0 Å². The number of hydrogen-bond donors (Lipinski definition) is 0. The minimum Gasteiger partial charge on any atom is -0.467 e. The molecule has 1 unspecified atom stereocenters. The molecule has 0 saturated heterocycles. The molecule has 2 heterocycles. The molecular formula is C20H28ClN3O. The fourth-order valence-corrected chi connectivity index (χ4v) is 3.19. The number of anilines is 1. The van der Waals surface area contributed by atoms with Gasteiger partial charge in [0.1, 0.15) is 11.8 Å². The molecule has 1 aromatic carbocycles. The quantitative estimate of drug-likeness (QED) is 0.691. The van der Waals surface area contributed by atoms with E-state index in [1.165, 1.54) is 11.3 Å². The van der Waals surface area contributed by atoms with Crippen molar-refractivity contribution in [2.45, 2.75) is 39.7 Å². The van der Waals surface area contributed by atoms with E-state index in [-0.39, 0.29) is 18.4 Å². The topological polar surface area (TPSA) is 32.0 Å². The van der Waals surface area contributed by atoms with Gasteiger partial charge in [0.25, 0.3) is 0 Å². The second-order valence-corrected chi connectivity index (χ2v) is 6.36. The van der Waals surface area contributed by atoms with Crippen molar-refractivity contribution in [3.63, 3.8) is 0 Å². The molecule has 1 aliphatic heterocycles. The lowest BCUT2D eigenvalue weighted by atomic mass is 10.1. The SMILES string of the molecule is CCN(CC)CCC1=NN(c2ccc(C)cc2)C(c2ccco2)C1.Cl. The zero-order valence-electron chi connectivity index (χ0n) is 15.3. The number of hydrogen-bond acceptors (Lipinski definition) is 4. The molecule has 0 N–H and O–H groups in total. The Bertz CT molecular complexity index is 663. The van der Waals surface area contributed by atoms with Crippen molar-refractivity contribution in [2.75, 3.05) is 24.6 Å². The van der Waals surface area contributed by atoms with Crippen molar-refractivity contribution in [2.24, 2.45) is 5.10 Å². The third kappa shape index (κ3) is 4.65. The number of aryl methyl sites for hydroxylation is 1. The van der Waals surface area contributed by atoms with Gasteiger partial charge in [-0.25, -0.2) is 0 Å². The number of rotatable bonds is 7. The first-order valence-electron chi connectivity index (χ1n) is 8.89. The van der Waals surface area contributed by atoms with Crippen LogP contribution in [0.15, 0.2) is 52.2 Å². The van der Waals surface area contributed by atoms with Gasteiger partial charge in [0.2, 0.25) is 0 Å². The fourth-order valence-electron chi connectivity index (χ4n) is 3.19. The number of nitrogens with zero attached hydrogens (tertiary/aromatic N) is 3. The molecule has 25 heavy (non-hydrogen) atoms. The monoisotopic (exact) mass is 361 g/mol. The maximum Gasteiger partial charge on any atom is 0.128 e. The lowest BCUT2D eigenvalue weighted by Gasteiger charge is -2.22. The van der Waals surface area contributed by atoms with Crippen molar-refractivity contribution in [3.05, 3.63) is 54.0 Å². The van der Waals surface area contributed by atoms with Crippen molar-refractivity contribution in [1.82, 2.24) is 4.90 Å². The van der Waals surface area contributed by atoms with Crippen LogP contribution in [0.3, 0.4) is 0 Å². The van der Waals surface area contributed by atoms with E-state index >= 15 is 0 Å². The molecule has 0 fully saturated rings. The summed E-state index contributed by atoms with van der Waals surface area (Å²) in [6.07, 6.45) is 3.69. The van der Waals surface area contributed by atoms with E-state index in [9.17, 15) is 0 Å². The van der Waals surface area contributed by atoms with Crippen LogP contribution < -0.4 is 5.01 Å². The summed E-state index contributed by atoms with van der Waals surface area (Å²) in [4.78, 5) is 2.44. The van der Waals surface area contributed by atoms with Crippen LogP contribution in [0.2, 0.25) is 0 Å². The third-order valence-corrected chi connectivity index (χ3v) is 4.75. The van der Waals surface area contributed by atoms with Gasteiger partial charge in [0.05, 0.1) is 12.0 Å². The molecule has 0 radical (unpaired) electrons. The van der Waals surface area contributed by atoms with E-state index in [0.717, 1.165) is 43.9 Å². The molecule has 0 saturated carbocycles. The van der Waals surface area contributed by atoms with Gasteiger partial charge in [-0.3, -0.25) is 5.01 Å². The molecule has 0 bridgehead atoms. The highest BCUT2D eigenvalue weighted by molar-refractivity contribution is 5.89. The second-order valence-electron chi connectivity index (χ2n) is 6.36. The van der Waals surface area contributed by atoms with Crippen molar-refractivity contribution < 1.29 is 4.42 Å². The van der Waals surface area contributed by atoms with E-state index in [1.807, 2.05) is 6.07 Å². The molecule has 1 aromatic heterocycles. The lowest BCUT2D eigenvalue weighted by Crippen LogP contribution is -2.25. The molecule has 3 rings (SSSR count). The van der Waals surface area contributed by atoms with Crippen LogP contribution in [-0.2, 0) is 0 Å². The Labute approximate surface area is 156 Å². The van der Waals surface area contributed by atoms with Crippen LogP contribution >= 0.6 is 12.4 Å². The summed E-state index contributed by atoms with van der Waals surface area (Å²) < 4.78 is 5.68. The highest BCUT2D eigenvalue weighted by Gasteiger charge is 2.30. The summed E-state index contributed by atoms with van der Waals surface area (Å²) in [5.74, 6) is 0.983. The van der Waals surface area contributed by atoms with Crippen LogP contribution in [0.4, 0.5) is 5.69 Å². The molecule has 1 aliphatic rings. The van der Waals surface area contributed by atoms with Gasteiger partial charge < -0.3 is 9.32 Å². The van der Waals surface area contributed by atoms with Crippen LogP contribution in [0.1, 0.15) is 44.1 Å². The Morgan fingerprint density at radius 1 is 1.16 bits per heavy atom. The Kier molecular flexibility index (Phi) is 7.09. The second kappa shape index (κ2) is 9.07. The minimum absolute atomic E-state index is 0. The van der Waals surface area contributed by atoms with Crippen molar-refractivity contribution in [1.29, 1.82) is 0 Å². The summed E-state index contributed by atoms with van der Waals surface area (Å²) >= 11 is 0. The summed E-state index contributed by atoms with van der Waals surface area (Å²) in [5.41, 5.74) is 3.64. The number of hydrazone groups is 1. The molecule has 2 aromatic rings. The smallest absolute Gasteiger partial charge is 0.128 e. The number of halogens is 1. The largest absolute Gasteiger partial charge is 0.467 e. The summed E-state index contributed by atoms with van der Waals surface area (Å²) in [5, 5.41) is 7.05. The van der Waals surface area contributed by atoms with Gasteiger partial charge in [-0.05, 0) is 44.3 Å². The molecule has 1 atom stereocenters. The standard InChI is InChI=1S/C20H27N3O.ClH/c1-4-22(5-2)13-12-17-15-19(20-7-6-14-24-20)23(21-17)18-10-8-16(3)9-11-18;/h6-11,14,19H,4-5,12-13,15H2,1-3H3;1H. The Morgan fingerprint density at radius 2 is 1.88 bits per heavy atom. The molecular weight excluding hydrogens is 334 g/mol. The van der Waals surface area contributed by atoms with Gasteiger partial charge in [-0.1, -0.05) is 31.5 Å². The molecule has 0 spiro atoms. The normalized spacial score (nSPS) is 16.9. The zero-order chi connectivity index (χ0) is 16.9. The maximum atomic E-state index is 5.68. The van der Waals surface area contributed by atoms with Gasteiger partial charge in [0, 0.05) is 25.1 Å². The molecule has 5 heteroatoms. The maximum absolute atomic E-state index is 5.68. The molecule has 0 aliphatic carbocycles. The predicted octanol–water partition coefficient (Wildman–Crippen LogP) is 5.05. The van der Waals surface area contributed by atoms with Crippen LogP contribution in [0.5, 0.6) is 0 Å². The van der Waals surface area contributed by atoms with Gasteiger partial charge >= 0.3 is 0 Å².